The average Bonchev–Trinajstić information content (AvgIpc) is 3.28. The molecule has 36 heavy (non-hydrogen) atoms. The van der Waals surface area contributed by atoms with Gasteiger partial charge >= 0.3 is 0 Å². The number of carbonyl (C=O) groups excluding carboxylic acids is 1. The third kappa shape index (κ3) is 9.30. The molecular weight excluding hydrogens is 448 g/mol. The van der Waals surface area contributed by atoms with Crippen molar-refractivity contribution in [2.24, 2.45) is 0 Å². The van der Waals surface area contributed by atoms with E-state index < -0.39 is 6.04 Å². The predicted octanol–water partition coefficient (Wildman–Crippen LogP) is 7.08. The summed E-state index contributed by atoms with van der Waals surface area (Å²) >= 11 is 0. The molecule has 0 saturated heterocycles. The molecule has 7 nitrogen and oxygen atoms in total. The number of hydrogen-bond donors (Lipinski definition) is 1. The molecular formula is C29H50N6O. The summed E-state index contributed by atoms with van der Waals surface area (Å²) < 4.78 is 0. The number of nitrogens with zero attached hydrogens (tertiary/aromatic N) is 5. The van der Waals surface area contributed by atoms with Crippen molar-refractivity contribution in [1.29, 1.82) is 0 Å². The van der Waals surface area contributed by atoms with E-state index in [1.807, 2.05) is 19.0 Å². The van der Waals surface area contributed by atoms with Gasteiger partial charge in [-0.15, -0.1) is 10.2 Å². The van der Waals surface area contributed by atoms with Crippen LogP contribution in [0.5, 0.6) is 0 Å². The first kappa shape index (κ1) is 29.9. The van der Waals surface area contributed by atoms with Crippen LogP contribution in [0.1, 0.15) is 134 Å². The topological polar surface area (TPSA) is 75.9 Å². The number of anilines is 1. The van der Waals surface area contributed by atoms with Gasteiger partial charge in [-0.2, -0.15) is 4.80 Å². The molecule has 1 heterocycles. The van der Waals surface area contributed by atoms with Crippen molar-refractivity contribution < 1.29 is 4.79 Å². The Morgan fingerprint density at radius 1 is 0.889 bits per heavy atom. The zero-order chi connectivity index (χ0) is 26.5. The third-order valence-electron chi connectivity index (χ3n) is 6.81. The fourth-order valence-electron chi connectivity index (χ4n) is 4.67. The molecule has 2 aromatic rings. The average molecular weight is 499 g/mol. The molecule has 0 radical (unpaired) electrons. The second kappa shape index (κ2) is 15.7. The van der Waals surface area contributed by atoms with Gasteiger partial charge < -0.3 is 5.32 Å². The van der Waals surface area contributed by atoms with Crippen molar-refractivity contribution in [1.82, 2.24) is 25.1 Å². The van der Waals surface area contributed by atoms with Gasteiger partial charge in [-0.25, -0.2) is 0 Å². The van der Waals surface area contributed by atoms with E-state index in [4.69, 9.17) is 0 Å². The van der Waals surface area contributed by atoms with E-state index >= 15 is 0 Å². The molecule has 7 heteroatoms. The lowest BCUT2D eigenvalue weighted by atomic mass is 9.92. The van der Waals surface area contributed by atoms with Gasteiger partial charge in [0.15, 0.2) is 6.04 Å². The summed E-state index contributed by atoms with van der Waals surface area (Å²) in [6, 6.07) is 5.66. The molecule has 1 aromatic carbocycles. The van der Waals surface area contributed by atoms with Gasteiger partial charge in [-0.05, 0) is 48.7 Å². The molecule has 0 bridgehead atoms. The molecule has 0 aliphatic rings. The molecule has 0 saturated carbocycles. The molecule has 202 valence electrons. The maximum Gasteiger partial charge on any atom is 0.249 e. The van der Waals surface area contributed by atoms with Crippen LogP contribution in [0, 0.1) is 0 Å². The lowest BCUT2D eigenvalue weighted by Crippen LogP contribution is -2.34. The molecule has 0 aliphatic carbocycles. The summed E-state index contributed by atoms with van der Waals surface area (Å²) in [5, 5.41) is 16.3. The van der Waals surface area contributed by atoms with Crippen LogP contribution in [0.3, 0.4) is 0 Å². The van der Waals surface area contributed by atoms with Crippen molar-refractivity contribution in [3.63, 3.8) is 0 Å². The van der Waals surface area contributed by atoms with Crippen LogP contribution in [0.15, 0.2) is 18.2 Å². The Morgan fingerprint density at radius 3 is 1.92 bits per heavy atom. The number of nitrogens with one attached hydrogen (secondary N) is 1. The second-order valence-corrected chi connectivity index (χ2v) is 10.9. The van der Waals surface area contributed by atoms with Gasteiger partial charge in [0, 0.05) is 5.69 Å². The Hall–Kier alpha value is -2.28. The van der Waals surface area contributed by atoms with Crippen molar-refractivity contribution in [2.75, 3.05) is 19.4 Å². The number of hydrogen-bond acceptors (Lipinski definition) is 5. The molecule has 1 unspecified atom stereocenters. The lowest BCUT2D eigenvalue weighted by molar-refractivity contribution is -0.120. The number of carbonyl (C=O) groups is 1. The van der Waals surface area contributed by atoms with Crippen molar-refractivity contribution in [2.45, 2.75) is 123 Å². The number of unbranched alkanes of at least 4 members (excludes halogenated alkanes) is 9. The zero-order valence-corrected chi connectivity index (χ0v) is 23.9. The van der Waals surface area contributed by atoms with E-state index in [0.29, 0.717) is 17.7 Å². The lowest BCUT2D eigenvalue weighted by Gasteiger charge is -2.24. The number of amides is 1. The van der Waals surface area contributed by atoms with Crippen molar-refractivity contribution in [3.05, 3.63) is 35.2 Å². The minimum atomic E-state index is -0.605. The number of benzene rings is 1. The molecule has 0 aliphatic heterocycles. The largest absolute Gasteiger partial charge is 0.324 e. The summed E-state index contributed by atoms with van der Waals surface area (Å²) in [5.41, 5.74) is 3.20. The Balaban J connectivity index is 1.94. The Bertz CT molecular complexity index is 879. The maximum atomic E-state index is 13.5. The molecule has 1 N–H and O–H groups in total. The highest BCUT2D eigenvalue weighted by Crippen LogP contribution is 2.33. The fourth-order valence-corrected chi connectivity index (χ4v) is 4.67. The van der Waals surface area contributed by atoms with Crippen LogP contribution in [0.25, 0.3) is 0 Å². The van der Waals surface area contributed by atoms with E-state index in [1.165, 1.54) is 57.8 Å². The van der Waals surface area contributed by atoms with E-state index in [2.05, 4.69) is 73.5 Å². The maximum absolute atomic E-state index is 13.5. The summed E-state index contributed by atoms with van der Waals surface area (Å²) in [5.74, 6) is 0.917. The minimum Gasteiger partial charge on any atom is -0.324 e. The first-order valence-corrected chi connectivity index (χ1v) is 14.1. The predicted molar refractivity (Wildman–Crippen MR) is 149 cm³/mol. The molecule has 1 aromatic heterocycles. The van der Waals surface area contributed by atoms with Gasteiger partial charge in [-0.1, -0.05) is 111 Å². The van der Waals surface area contributed by atoms with Crippen molar-refractivity contribution in [3.8, 4) is 0 Å². The quantitative estimate of drug-likeness (QED) is 0.236. The van der Waals surface area contributed by atoms with Gasteiger partial charge in [0.05, 0.1) is 6.54 Å². The van der Waals surface area contributed by atoms with Crippen LogP contribution in [0.4, 0.5) is 5.69 Å². The van der Waals surface area contributed by atoms with Gasteiger partial charge in [0.1, 0.15) is 0 Å². The molecule has 1 atom stereocenters. The number of tetrazole rings is 1. The molecule has 2 rings (SSSR count). The molecule has 0 fully saturated rings. The van der Waals surface area contributed by atoms with Gasteiger partial charge in [-0.3, -0.25) is 9.69 Å². The SMILES string of the molecule is CCCCCCCCCCCCn1nnc(C(C(=O)Nc2c(C(C)C)cccc2C(C)C)N(C)C)n1. The zero-order valence-electron chi connectivity index (χ0n) is 23.9. The van der Waals surface area contributed by atoms with Crippen LogP contribution in [0.2, 0.25) is 0 Å². The number of aromatic nitrogens is 4. The number of rotatable bonds is 17. The first-order chi connectivity index (χ1) is 17.3. The van der Waals surface area contributed by atoms with Crippen LogP contribution in [-0.2, 0) is 11.3 Å². The van der Waals surface area contributed by atoms with Gasteiger partial charge in [0.2, 0.25) is 11.7 Å². The Morgan fingerprint density at radius 2 is 1.42 bits per heavy atom. The highest BCUT2D eigenvalue weighted by Gasteiger charge is 2.29. The van der Waals surface area contributed by atoms with E-state index in [-0.39, 0.29) is 5.91 Å². The number of likely N-dealkylation sites (N-methyl/N-ethyl adjacent to an activating group) is 1. The normalized spacial score (nSPS) is 12.6. The van der Waals surface area contributed by atoms with Crippen LogP contribution < -0.4 is 5.32 Å². The van der Waals surface area contributed by atoms with E-state index in [1.54, 1.807) is 4.80 Å². The Kier molecular flexibility index (Phi) is 13.1. The monoisotopic (exact) mass is 498 g/mol. The highest BCUT2D eigenvalue weighted by molar-refractivity contribution is 5.96. The van der Waals surface area contributed by atoms with E-state index in [9.17, 15) is 4.79 Å². The van der Waals surface area contributed by atoms with Crippen LogP contribution >= 0.6 is 0 Å². The minimum absolute atomic E-state index is 0.131. The smallest absolute Gasteiger partial charge is 0.249 e. The first-order valence-electron chi connectivity index (χ1n) is 14.1. The van der Waals surface area contributed by atoms with Gasteiger partial charge in [0.25, 0.3) is 0 Å². The molecule has 0 spiro atoms. The summed E-state index contributed by atoms with van der Waals surface area (Å²) in [6.07, 6.45) is 12.9. The van der Waals surface area contributed by atoms with Crippen molar-refractivity contribution >= 4 is 11.6 Å². The number of aryl methyl sites for hydroxylation is 1. The fraction of sp³-hybridized carbons (Fsp3) is 0.724. The standard InChI is InChI=1S/C29H50N6O/c1-8-9-10-11-12-13-14-15-16-17-21-35-32-28(31-33-35)27(34(6)7)29(36)30-26-24(22(2)3)19-18-20-25(26)23(4)5/h18-20,22-23,27H,8-17,21H2,1-7H3,(H,30,36). The second-order valence-electron chi connectivity index (χ2n) is 10.9. The summed E-state index contributed by atoms with van der Waals surface area (Å²) in [7, 11) is 3.76. The highest BCUT2D eigenvalue weighted by atomic mass is 16.2. The summed E-state index contributed by atoms with van der Waals surface area (Å²) in [6.45, 7) is 11.6. The Labute approximate surface area is 219 Å². The van der Waals surface area contributed by atoms with Crippen LogP contribution in [-0.4, -0.2) is 45.1 Å². The number of para-hydroxylation sites is 1. The summed E-state index contributed by atoms with van der Waals surface area (Å²) in [4.78, 5) is 17.0. The third-order valence-corrected chi connectivity index (χ3v) is 6.81. The van der Waals surface area contributed by atoms with E-state index in [0.717, 1.165) is 29.8 Å². The molecule has 1 amide bonds.